The molecule has 0 aliphatic carbocycles. The second kappa shape index (κ2) is 8.97. The third kappa shape index (κ3) is 4.44. The molecule has 0 radical (unpaired) electrons. The number of carbonyl (C=O) groups excluding carboxylic acids is 1. The molecule has 0 bridgehead atoms. The Kier molecular flexibility index (Phi) is 5.95. The molecule has 0 aliphatic rings. The van der Waals surface area contributed by atoms with E-state index in [1.807, 2.05) is 49.4 Å². The van der Waals surface area contributed by atoms with Crippen molar-refractivity contribution in [2.24, 2.45) is 0 Å². The van der Waals surface area contributed by atoms with E-state index in [1.54, 1.807) is 24.3 Å². The van der Waals surface area contributed by atoms with Gasteiger partial charge in [-0.15, -0.1) is 0 Å². The lowest BCUT2D eigenvalue weighted by atomic mass is 10.1. The van der Waals surface area contributed by atoms with Crippen molar-refractivity contribution >= 4 is 28.3 Å². The minimum atomic E-state index is -0.630. The van der Waals surface area contributed by atoms with Crippen LogP contribution in [0.4, 0.5) is 0 Å². The van der Waals surface area contributed by atoms with Gasteiger partial charge in [0.2, 0.25) is 11.7 Å². The highest BCUT2D eigenvalue weighted by Gasteiger charge is 2.20. The predicted octanol–water partition coefficient (Wildman–Crippen LogP) is 5.02. The molecule has 0 aliphatic heterocycles. The van der Waals surface area contributed by atoms with Gasteiger partial charge in [-0.05, 0) is 42.1 Å². The first-order valence-corrected chi connectivity index (χ1v) is 10.0. The number of hydrogen-bond acceptors (Lipinski definition) is 5. The number of carbonyl (C=O) groups is 1. The average Bonchev–Trinajstić information content (AvgIpc) is 3.25. The molecule has 30 heavy (non-hydrogen) atoms. The maximum atomic E-state index is 12.7. The molecule has 0 saturated heterocycles. The molecule has 6 nitrogen and oxygen atoms in total. The molecular weight excluding hydrogens is 402 g/mol. The number of fused-ring (bicyclic) bond motifs is 1. The van der Waals surface area contributed by atoms with Crippen LogP contribution in [0.25, 0.3) is 22.2 Å². The smallest absolute Gasteiger partial charge is 0.261 e. The van der Waals surface area contributed by atoms with Crippen LogP contribution in [0.3, 0.4) is 0 Å². The van der Waals surface area contributed by atoms with E-state index >= 15 is 0 Å². The second-order valence-electron chi connectivity index (χ2n) is 6.73. The maximum absolute atomic E-state index is 12.7. The van der Waals surface area contributed by atoms with Gasteiger partial charge in [0, 0.05) is 16.0 Å². The first-order chi connectivity index (χ1) is 14.6. The monoisotopic (exact) mass is 421 g/mol. The Labute approximate surface area is 178 Å². The summed E-state index contributed by atoms with van der Waals surface area (Å²) in [5, 5.41) is 9.42. The van der Waals surface area contributed by atoms with Gasteiger partial charge >= 0.3 is 0 Å². The molecule has 152 valence electrons. The molecule has 0 fully saturated rings. The van der Waals surface area contributed by atoms with E-state index in [1.165, 1.54) is 0 Å². The van der Waals surface area contributed by atoms with E-state index in [0.717, 1.165) is 16.3 Å². The summed E-state index contributed by atoms with van der Waals surface area (Å²) in [6.07, 6.45) is -0.107. The number of benzene rings is 3. The van der Waals surface area contributed by atoms with Crippen molar-refractivity contribution in [3.05, 3.63) is 77.6 Å². The van der Waals surface area contributed by atoms with Crippen LogP contribution in [0.2, 0.25) is 5.02 Å². The Balaban J connectivity index is 1.41. The van der Waals surface area contributed by atoms with Crippen LogP contribution in [0.5, 0.6) is 5.75 Å². The first kappa shape index (κ1) is 19.9. The molecule has 1 heterocycles. The summed E-state index contributed by atoms with van der Waals surface area (Å²) in [4.78, 5) is 17.0. The Morgan fingerprint density at radius 2 is 1.87 bits per heavy atom. The molecule has 0 saturated carbocycles. The lowest BCUT2D eigenvalue weighted by molar-refractivity contribution is -0.128. The van der Waals surface area contributed by atoms with E-state index in [0.29, 0.717) is 28.9 Å². The molecule has 0 unspecified atom stereocenters. The summed E-state index contributed by atoms with van der Waals surface area (Å²) in [5.74, 6) is 1.19. The number of nitrogens with zero attached hydrogens (tertiary/aromatic N) is 2. The summed E-state index contributed by atoms with van der Waals surface area (Å²) < 4.78 is 11.3. The maximum Gasteiger partial charge on any atom is 0.261 e. The van der Waals surface area contributed by atoms with Crippen LogP contribution in [0.1, 0.15) is 19.2 Å². The van der Waals surface area contributed by atoms with Gasteiger partial charge in [0.15, 0.2) is 6.10 Å². The fraction of sp³-hybridized carbons (Fsp3) is 0.174. The van der Waals surface area contributed by atoms with E-state index < -0.39 is 6.10 Å². The molecule has 4 rings (SSSR count). The molecule has 3 aromatic carbocycles. The van der Waals surface area contributed by atoms with Gasteiger partial charge in [0.25, 0.3) is 5.91 Å². The van der Waals surface area contributed by atoms with Gasteiger partial charge in [-0.25, -0.2) is 0 Å². The van der Waals surface area contributed by atoms with Crippen LogP contribution in [0.15, 0.2) is 71.3 Å². The number of nitrogens with one attached hydrogen (secondary N) is 1. The number of hydrogen-bond donors (Lipinski definition) is 1. The normalized spacial score (nSPS) is 11.9. The molecule has 1 N–H and O–H groups in total. The molecular formula is C23H20ClN3O3. The summed E-state index contributed by atoms with van der Waals surface area (Å²) in [6.45, 7) is 2.02. The van der Waals surface area contributed by atoms with Crippen molar-refractivity contribution in [2.45, 2.75) is 26.0 Å². The molecule has 1 amide bonds. The van der Waals surface area contributed by atoms with Crippen molar-refractivity contribution in [1.82, 2.24) is 15.5 Å². The summed E-state index contributed by atoms with van der Waals surface area (Å²) in [5.41, 5.74) is 0.784. The van der Waals surface area contributed by atoms with Crippen LogP contribution in [-0.2, 0) is 11.3 Å². The van der Waals surface area contributed by atoms with Crippen molar-refractivity contribution in [3.63, 3.8) is 0 Å². The van der Waals surface area contributed by atoms with Crippen LogP contribution in [0, 0.1) is 0 Å². The second-order valence-corrected chi connectivity index (χ2v) is 7.16. The number of ether oxygens (including phenoxy) is 1. The van der Waals surface area contributed by atoms with Gasteiger partial charge in [-0.3, -0.25) is 4.79 Å². The summed E-state index contributed by atoms with van der Waals surface area (Å²) in [7, 11) is 0. The first-order valence-electron chi connectivity index (χ1n) is 9.64. The Morgan fingerprint density at radius 1 is 1.10 bits per heavy atom. The Bertz CT molecular complexity index is 1150. The Morgan fingerprint density at radius 3 is 2.67 bits per heavy atom. The zero-order chi connectivity index (χ0) is 20.9. The summed E-state index contributed by atoms with van der Waals surface area (Å²) >= 11 is 5.90. The largest absolute Gasteiger partial charge is 0.480 e. The number of halogens is 1. The molecule has 0 spiro atoms. The van der Waals surface area contributed by atoms with E-state index in [4.69, 9.17) is 20.9 Å². The zero-order valence-corrected chi connectivity index (χ0v) is 17.1. The van der Waals surface area contributed by atoms with E-state index in [9.17, 15) is 4.79 Å². The number of rotatable bonds is 7. The third-order valence-corrected chi connectivity index (χ3v) is 4.92. The van der Waals surface area contributed by atoms with Crippen molar-refractivity contribution in [1.29, 1.82) is 0 Å². The summed E-state index contributed by atoms with van der Waals surface area (Å²) in [6, 6.07) is 20.8. The fourth-order valence-electron chi connectivity index (χ4n) is 3.09. The van der Waals surface area contributed by atoms with Gasteiger partial charge in [0.05, 0.1) is 6.54 Å². The predicted molar refractivity (Wildman–Crippen MR) is 115 cm³/mol. The minimum Gasteiger partial charge on any atom is -0.480 e. The number of aromatic nitrogens is 2. The molecule has 7 heteroatoms. The number of amides is 1. The standard InChI is InChI=1S/C23H20ClN3O3/c1-2-19(29-20-9-5-7-15-6-3-4-8-18(15)20)23(28)25-14-21-26-22(27-30-21)16-10-12-17(24)13-11-16/h3-13,19H,2,14H2,1H3,(H,25,28)/t19-/m1/s1. The Hall–Kier alpha value is -3.38. The van der Waals surface area contributed by atoms with Gasteiger partial charge in [0.1, 0.15) is 5.75 Å². The quantitative estimate of drug-likeness (QED) is 0.453. The van der Waals surface area contributed by atoms with E-state index in [2.05, 4.69) is 15.5 Å². The topological polar surface area (TPSA) is 77.2 Å². The SMILES string of the molecule is CC[C@@H](Oc1cccc2ccccc12)C(=O)NCc1nc(-c2ccc(Cl)cc2)no1. The van der Waals surface area contributed by atoms with Crippen molar-refractivity contribution in [3.8, 4) is 17.1 Å². The highest BCUT2D eigenvalue weighted by atomic mass is 35.5. The molecule has 1 atom stereocenters. The van der Waals surface area contributed by atoms with Gasteiger partial charge in [-0.1, -0.05) is 60.1 Å². The average molecular weight is 422 g/mol. The lowest BCUT2D eigenvalue weighted by Gasteiger charge is -2.18. The van der Waals surface area contributed by atoms with Gasteiger partial charge < -0.3 is 14.6 Å². The molecule has 4 aromatic rings. The highest BCUT2D eigenvalue weighted by molar-refractivity contribution is 6.30. The van der Waals surface area contributed by atoms with Crippen molar-refractivity contribution < 1.29 is 14.1 Å². The zero-order valence-electron chi connectivity index (χ0n) is 16.3. The lowest BCUT2D eigenvalue weighted by Crippen LogP contribution is -2.37. The highest BCUT2D eigenvalue weighted by Crippen LogP contribution is 2.26. The van der Waals surface area contributed by atoms with Crippen LogP contribution < -0.4 is 10.1 Å². The van der Waals surface area contributed by atoms with E-state index in [-0.39, 0.29) is 12.5 Å². The molecule has 1 aromatic heterocycles. The van der Waals surface area contributed by atoms with Crippen LogP contribution >= 0.6 is 11.6 Å². The van der Waals surface area contributed by atoms with Crippen molar-refractivity contribution in [2.75, 3.05) is 0 Å². The van der Waals surface area contributed by atoms with Crippen LogP contribution in [-0.4, -0.2) is 22.2 Å². The fourth-order valence-corrected chi connectivity index (χ4v) is 3.22. The van der Waals surface area contributed by atoms with Gasteiger partial charge in [-0.2, -0.15) is 4.98 Å². The third-order valence-electron chi connectivity index (χ3n) is 4.67. The minimum absolute atomic E-state index is 0.120.